The molecule has 168 valence electrons. The number of likely N-dealkylation sites (tertiary alicyclic amines) is 1. The third-order valence-corrected chi connectivity index (χ3v) is 8.68. The Labute approximate surface area is 192 Å². The molecule has 2 aromatic carbocycles. The van der Waals surface area contributed by atoms with E-state index < -0.39 is 23.7 Å². The molecule has 6 atom stereocenters. The number of fused-ring (bicyclic) bond motifs is 8. The second-order valence-electron chi connectivity index (χ2n) is 10.2. The lowest BCUT2D eigenvalue weighted by Gasteiger charge is -2.27. The van der Waals surface area contributed by atoms with E-state index in [2.05, 4.69) is 32.0 Å². The Balaban J connectivity index is 1.35. The zero-order valence-electron chi connectivity index (χ0n) is 19.2. The third-order valence-electron chi connectivity index (χ3n) is 8.68. The first-order chi connectivity index (χ1) is 15.7. The number of hydrogen-bond acceptors (Lipinski definition) is 4. The molecule has 2 aliphatic carbocycles. The second-order valence-corrected chi connectivity index (χ2v) is 10.2. The number of hydrogen-bond donors (Lipinski definition) is 0. The summed E-state index contributed by atoms with van der Waals surface area (Å²) in [6, 6.07) is 12.1. The molecule has 6 heteroatoms. The summed E-state index contributed by atoms with van der Waals surface area (Å²) < 4.78 is 0. The molecule has 6 nitrogen and oxygen atoms in total. The Kier molecular flexibility index (Phi) is 4.08. The maximum absolute atomic E-state index is 13.5. The molecule has 2 heterocycles. The first kappa shape index (κ1) is 20.3. The van der Waals surface area contributed by atoms with Crippen LogP contribution in [0, 0.1) is 56.3 Å². The number of nitrogens with zero attached hydrogens (tertiary/aromatic N) is 2. The molecule has 2 bridgehead atoms. The highest BCUT2D eigenvalue weighted by molar-refractivity contribution is 6.23. The topological polar surface area (TPSA) is 74.8 Å². The summed E-state index contributed by atoms with van der Waals surface area (Å²) in [5.74, 6) is -3.13. The fourth-order valence-corrected chi connectivity index (χ4v) is 6.97. The van der Waals surface area contributed by atoms with Crippen LogP contribution in [0.2, 0.25) is 0 Å². The molecule has 4 fully saturated rings. The molecule has 6 rings (SSSR count). The Bertz CT molecular complexity index is 1230. The van der Waals surface area contributed by atoms with Crippen LogP contribution in [0.25, 0.3) is 11.1 Å². The van der Waals surface area contributed by atoms with Crippen molar-refractivity contribution in [3.63, 3.8) is 0 Å². The van der Waals surface area contributed by atoms with Crippen molar-refractivity contribution in [2.75, 3.05) is 11.9 Å². The Morgan fingerprint density at radius 3 is 1.64 bits per heavy atom. The van der Waals surface area contributed by atoms with Gasteiger partial charge in [-0.25, -0.2) is 4.90 Å². The molecule has 2 saturated heterocycles. The Hall–Kier alpha value is -3.28. The first-order valence-electron chi connectivity index (χ1n) is 11.6. The molecular formula is C27H26N2O4. The lowest BCUT2D eigenvalue weighted by molar-refractivity contribution is -0.139. The summed E-state index contributed by atoms with van der Waals surface area (Å²) in [5, 5.41) is 0. The van der Waals surface area contributed by atoms with Crippen LogP contribution in [-0.4, -0.2) is 35.6 Å². The number of aryl methyl sites for hydroxylation is 3. The van der Waals surface area contributed by atoms with Gasteiger partial charge in [-0.3, -0.25) is 24.1 Å². The number of carbonyl (C=O) groups excluding carboxylic acids is 4. The fourth-order valence-electron chi connectivity index (χ4n) is 6.97. The highest BCUT2D eigenvalue weighted by atomic mass is 16.2. The third kappa shape index (κ3) is 2.49. The summed E-state index contributed by atoms with van der Waals surface area (Å²) in [7, 11) is 1.51. The molecule has 2 aliphatic heterocycles. The molecular weight excluding hydrogens is 416 g/mol. The monoisotopic (exact) mass is 442 g/mol. The van der Waals surface area contributed by atoms with Crippen molar-refractivity contribution in [1.29, 1.82) is 0 Å². The predicted molar refractivity (Wildman–Crippen MR) is 122 cm³/mol. The van der Waals surface area contributed by atoms with Gasteiger partial charge >= 0.3 is 0 Å². The van der Waals surface area contributed by atoms with E-state index in [0.29, 0.717) is 12.1 Å². The van der Waals surface area contributed by atoms with Crippen molar-refractivity contribution in [3.8, 4) is 11.1 Å². The molecule has 0 N–H and O–H groups in total. The van der Waals surface area contributed by atoms with Crippen LogP contribution in [0.1, 0.15) is 23.1 Å². The van der Waals surface area contributed by atoms with Gasteiger partial charge in [-0.1, -0.05) is 24.3 Å². The lowest BCUT2D eigenvalue weighted by Crippen LogP contribution is -2.37. The molecule has 6 unspecified atom stereocenters. The van der Waals surface area contributed by atoms with Gasteiger partial charge in [-0.05, 0) is 79.0 Å². The van der Waals surface area contributed by atoms with E-state index in [9.17, 15) is 19.2 Å². The number of benzene rings is 2. The highest BCUT2D eigenvalue weighted by Crippen LogP contribution is 2.64. The summed E-state index contributed by atoms with van der Waals surface area (Å²) in [4.78, 5) is 54.9. The molecule has 33 heavy (non-hydrogen) atoms. The minimum atomic E-state index is -0.495. The summed E-state index contributed by atoms with van der Waals surface area (Å²) >= 11 is 0. The lowest BCUT2D eigenvalue weighted by atomic mass is 9.70. The fraction of sp³-hybridized carbons (Fsp3) is 0.407. The van der Waals surface area contributed by atoms with Gasteiger partial charge in [0.05, 0.1) is 29.4 Å². The minimum Gasteiger partial charge on any atom is -0.285 e. The number of imide groups is 2. The summed E-state index contributed by atoms with van der Waals surface area (Å²) in [6.07, 6.45) is 0.617. The van der Waals surface area contributed by atoms with Crippen molar-refractivity contribution in [1.82, 2.24) is 4.90 Å². The van der Waals surface area contributed by atoms with Crippen LogP contribution in [0.15, 0.2) is 36.4 Å². The zero-order valence-corrected chi connectivity index (χ0v) is 19.2. The van der Waals surface area contributed by atoms with Crippen LogP contribution < -0.4 is 4.90 Å². The van der Waals surface area contributed by atoms with Gasteiger partial charge in [-0.2, -0.15) is 0 Å². The van der Waals surface area contributed by atoms with Crippen molar-refractivity contribution < 1.29 is 19.2 Å². The number of amides is 4. The molecule has 4 amide bonds. The van der Waals surface area contributed by atoms with Gasteiger partial charge in [0, 0.05) is 7.05 Å². The maximum Gasteiger partial charge on any atom is 0.238 e. The molecule has 0 spiro atoms. The quantitative estimate of drug-likeness (QED) is 0.669. The average molecular weight is 443 g/mol. The van der Waals surface area contributed by atoms with Crippen molar-refractivity contribution in [2.45, 2.75) is 27.2 Å². The zero-order chi connectivity index (χ0) is 23.3. The van der Waals surface area contributed by atoms with E-state index in [1.807, 2.05) is 25.1 Å². The molecule has 0 aromatic heterocycles. The van der Waals surface area contributed by atoms with Crippen molar-refractivity contribution >= 4 is 29.3 Å². The Morgan fingerprint density at radius 1 is 0.636 bits per heavy atom. The van der Waals surface area contributed by atoms with Crippen LogP contribution in [0.4, 0.5) is 5.69 Å². The van der Waals surface area contributed by atoms with Crippen molar-refractivity contribution in [3.05, 3.63) is 53.1 Å². The van der Waals surface area contributed by atoms with Crippen LogP contribution in [0.3, 0.4) is 0 Å². The van der Waals surface area contributed by atoms with Gasteiger partial charge in [0.25, 0.3) is 0 Å². The Morgan fingerprint density at radius 2 is 1.12 bits per heavy atom. The number of anilines is 1. The first-order valence-corrected chi connectivity index (χ1v) is 11.6. The van der Waals surface area contributed by atoms with Gasteiger partial charge in [-0.15, -0.1) is 0 Å². The van der Waals surface area contributed by atoms with E-state index >= 15 is 0 Å². The number of carbonyl (C=O) groups is 4. The SMILES string of the molecule is Cc1ccc(-c2ccc(N3C(=O)C4C5CC(C6C(=O)N(C)C(=O)C56)C4C3=O)c(C)c2)cc1C. The van der Waals surface area contributed by atoms with E-state index in [0.717, 1.165) is 16.7 Å². The largest absolute Gasteiger partial charge is 0.285 e. The summed E-state index contributed by atoms with van der Waals surface area (Å²) in [5.41, 5.74) is 6.03. The average Bonchev–Trinajstić information content (AvgIpc) is 3.48. The van der Waals surface area contributed by atoms with Gasteiger partial charge < -0.3 is 0 Å². The van der Waals surface area contributed by atoms with Crippen LogP contribution >= 0.6 is 0 Å². The van der Waals surface area contributed by atoms with Crippen LogP contribution in [-0.2, 0) is 19.2 Å². The molecule has 0 radical (unpaired) electrons. The van der Waals surface area contributed by atoms with E-state index in [-0.39, 0.29) is 35.5 Å². The minimum absolute atomic E-state index is 0.191. The van der Waals surface area contributed by atoms with Crippen molar-refractivity contribution in [2.24, 2.45) is 35.5 Å². The molecule has 4 aliphatic rings. The van der Waals surface area contributed by atoms with Gasteiger partial charge in [0.15, 0.2) is 0 Å². The molecule has 2 aromatic rings. The predicted octanol–water partition coefficient (Wildman–Crippen LogP) is 3.27. The smallest absolute Gasteiger partial charge is 0.238 e. The normalized spacial score (nSPS) is 32.2. The van der Waals surface area contributed by atoms with Gasteiger partial charge in [0.1, 0.15) is 0 Å². The summed E-state index contributed by atoms with van der Waals surface area (Å²) in [6.45, 7) is 6.08. The maximum atomic E-state index is 13.5. The van der Waals surface area contributed by atoms with E-state index in [1.165, 1.54) is 28.0 Å². The van der Waals surface area contributed by atoms with E-state index in [4.69, 9.17) is 0 Å². The molecule has 2 saturated carbocycles. The highest BCUT2D eigenvalue weighted by Gasteiger charge is 2.72. The standard InChI is InChI=1S/C27H26N2O4/c1-12-5-6-15(9-13(12)2)16-7-8-19(14(3)10-16)29-26(32)22-17-11-18(23(22)27(29)33)21-20(17)24(30)28(4)25(21)31/h5-10,17-18,20-23H,11H2,1-4H3. The van der Waals surface area contributed by atoms with Gasteiger partial charge in [0.2, 0.25) is 23.6 Å². The second kappa shape index (κ2) is 6.62. The van der Waals surface area contributed by atoms with E-state index in [1.54, 1.807) is 0 Å². The van der Waals surface area contributed by atoms with Crippen LogP contribution in [0.5, 0.6) is 0 Å². The number of rotatable bonds is 2.